The number of pyridine rings is 2. The van der Waals surface area contributed by atoms with Gasteiger partial charge in [-0.1, -0.05) is 6.92 Å². The van der Waals surface area contributed by atoms with E-state index in [1.54, 1.807) is 0 Å². The maximum Gasteiger partial charge on any atom is 0.112 e. The number of hydrogen-bond acceptors (Lipinski definition) is 5. The van der Waals surface area contributed by atoms with Crippen LogP contribution in [0.2, 0.25) is 0 Å². The van der Waals surface area contributed by atoms with Gasteiger partial charge < -0.3 is 10.0 Å². The van der Waals surface area contributed by atoms with Crippen molar-refractivity contribution in [3.63, 3.8) is 0 Å². The lowest BCUT2D eigenvalue weighted by Crippen LogP contribution is -2.51. The minimum Gasteiger partial charge on any atom is -0.395 e. The number of aliphatic hydroxyl groups excluding tert-OH is 1. The van der Waals surface area contributed by atoms with Crippen LogP contribution in [0.4, 0.5) is 5.69 Å². The third-order valence-electron chi connectivity index (χ3n) is 4.38. The summed E-state index contributed by atoms with van der Waals surface area (Å²) in [5.41, 5.74) is 3.01. The van der Waals surface area contributed by atoms with Gasteiger partial charge >= 0.3 is 0 Å². The molecule has 0 spiro atoms. The molecule has 6 heteroatoms. The number of piperazine rings is 1. The molecule has 0 aliphatic carbocycles. The van der Waals surface area contributed by atoms with Gasteiger partial charge in [0.15, 0.2) is 0 Å². The molecular formula is C16H21BrN4O. The zero-order valence-electron chi connectivity index (χ0n) is 12.7. The first-order chi connectivity index (χ1) is 10.7. The Kier molecular flexibility index (Phi) is 4.90. The van der Waals surface area contributed by atoms with E-state index in [1.165, 1.54) is 0 Å². The van der Waals surface area contributed by atoms with Crippen molar-refractivity contribution in [1.82, 2.24) is 14.9 Å². The van der Waals surface area contributed by atoms with Crippen molar-refractivity contribution in [2.24, 2.45) is 0 Å². The van der Waals surface area contributed by atoms with Crippen molar-refractivity contribution < 1.29 is 5.11 Å². The predicted molar refractivity (Wildman–Crippen MR) is 92.2 cm³/mol. The number of rotatable bonds is 4. The van der Waals surface area contributed by atoms with E-state index in [0.717, 1.165) is 53.8 Å². The van der Waals surface area contributed by atoms with Gasteiger partial charge in [0.2, 0.25) is 0 Å². The van der Waals surface area contributed by atoms with Crippen LogP contribution in [0.3, 0.4) is 0 Å². The van der Waals surface area contributed by atoms with E-state index >= 15 is 0 Å². The van der Waals surface area contributed by atoms with E-state index in [9.17, 15) is 5.11 Å². The molecule has 1 aliphatic rings. The van der Waals surface area contributed by atoms with Crippen LogP contribution in [0, 0.1) is 0 Å². The maximum absolute atomic E-state index is 9.45. The number of fused-ring (bicyclic) bond motifs is 1. The zero-order valence-corrected chi connectivity index (χ0v) is 14.3. The number of aliphatic hydroxyl groups is 1. The Hall–Kier alpha value is -1.24. The molecule has 1 fully saturated rings. The second-order valence-corrected chi connectivity index (χ2v) is 6.53. The molecule has 0 saturated carbocycles. The Morgan fingerprint density at radius 1 is 1.27 bits per heavy atom. The molecule has 22 heavy (non-hydrogen) atoms. The van der Waals surface area contributed by atoms with Gasteiger partial charge in [0.1, 0.15) is 5.52 Å². The summed E-state index contributed by atoms with van der Waals surface area (Å²) >= 11 is 3.45. The highest BCUT2D eigenvalue weighted by Gasteiger charge is 2.23. The molecule has 2 aromatic rings. The fourth-order valence-electron chi connectivity index (χ4n) is 3.08. The van der Waals surface area contributed by atoms with Gasteiger partial charge in [-0.3, -0.25) is 14.9 Å². The van der Waals surface area contributed by atoms with Crippen LogP contribution in [-0.4, -0.2) is 58.8 Å². The number of hydrogen-bond donors (Lipinski definition) is 1. The van der Waals surface area contributed by atoms with Gasteiger partial charge in [0.05, 0.1) is 17.8 Å². The summed E-state index contributed by atoms with van der Waals surface area (Å²) in [6, 6.07) is 4.33. The molecule has 1 saturated heterocycles. The number of aromatic nitrogens is 2. The number of nitrogens with zero attached hydrogens (tertiary/aromatic N) is 4. The smallest absolute Gasteiger partial charge is 0.112 e. The zero-order chi connectivity index (χ0) is 15.5. The Balaban J connectivity index is 1.79. The first kappa shape index (κ1) is 15.6. The van der Waals surface area contributed by atoms with Crippen molar-refractivity contribution in [2.75, 3.05) is 37.7 Å². The van der Waals surface area contributed by atoms with E-state index in [1.807, 2.05) is 24.5 Å². The molecule has 3 rings (SSSR count). The van der Waals surface area contributed by atoms with Crippen molar-refractivity contribution in [2.45, 2.75) is 19.4 Å². The van der Waals surface area contributed by atoms with Crippen molar-refractivity contribution >= 4 is 32.7 Å². The fourth-order valence-corrected chi connectivity index (χ4v) is 3.40. The van der Waals surface area contributed by atoms with E-state index in [0.29, 0.717) is 0 Å². The van der Waals surface area contributed by atoms with Crippen molar-refractivity contribution in [3.05, 3.63) is 29.0 Å². The summed E-state index contributed by atoms with van der Waals surface area (Å²) in [6.07, 6.45) is 4.66. The SMILES string of the molecule is CCC(CO)N1CCN(c2ccnc3cc(Br)cnc23)CC1. The molecule has 0 aromatic carbocycles. The monoisotopic (exact) mass is 364 g/mol. The molecule has 1 unspecified atom stereocenters. The standard InChI is InChI=1S/C16H21BrN4O/c1-2-13(11-22)20-5-7-21(8-6-20)15-3-4-18-14-9-12(17)10-19-16(14)15/h3-4,9-10,13,22H,2,5-8,11H2,1H3. The normalized spacial score (nSPS) is 17.9. The topological polar surface area (TPSA) is 52.5 Å². The number of anilines is 1. The molecule has 3 heterocycles. The van der Waals surface area contributed by atoms with E-state index in [4.69, 9.17) is 0 Å². The van der Waals surface area contributed by atoms with Gasteiger partial charge in [-0.05, 0) is 34.5 Å². The van der Waals surface area contributed by atoms with Crippen LogP contribution in [-0.2, 0) is 0 Å². The van der Waals surface area contributed by atoms with Gasteiger partial charge in [0.25, 0.3) is 0 Å². The molecule has 1 atom stereocenters. The highest BCUT2D eigenvalue weighted by atomic mass is 79.9. The lowest BCUT2D eigenvalue weighted by Gasteiger charge is -2.39. The van der Waals surface area contributed by atoms with Gasteiger partial charge in [-0.15, -0.1) is 0 Å². The second kappa shape index (κ2) is 6.89. The second-order valence-electron chi connectivity index (χ2n) is 5.62. The highest BCUT2D eigenvalue weighted by Crippen LogP contribution is 2.26. The van der Waals surface area contributed by atoms with Crippen molar-refractivity contribution in [1.29, 1.82) is 0 Å². The highest BCUT2D eigenvalue weighted by molar-refractivity contribution is 9.10. The first-order valence-electron chi connectivity index (χ1n) is 7.73. The summed E-state index contributed by atoms with van der Waals surface area (Å²) in [5, 5.41) is 9.45. The van der Waals surface area contributed by atoms with Gasteiger partial charge in [-0.25, -0.2) is 0 Å². The third kappa shape index (κ3) is 3.09. The Bertz CT molecular complexity index is 639. The summed E-state index contributed by atoms with van der Waals surface area (Å²) in [7, 11) is 0. The maximum atomic E-state index is 9.45. The molecular weight excluding hydrogens is 344 g/mol. The van der Waals surface area contributed by atoms with Crippen LogP contribution >= 0.6 is 15.9 Å². The first-order valence-corrected chi connectivity index (χ1v) is 8.52. The molecule has 5 nitrogen and oxygen atoms in total. The molecule has 1 aliphatic heterocycles. The molecule has 1 N–H and O–H groups in total. The summed E-state index contributed by atoms with van der Waals surface area (Å²) in [6.45, 7) is 6.22. The van der Waals surface area contributed by atoms with E-state index in [2.05, 4.69) is 42.6 Å². The average Bonchev–Trinajstić information content (AvgIpc) is 2.56. The summed E-state index contributed by atoms with van der Waals surface area (Å²) in [4.78, 5) is 13.7. The van der Waals surface area contributed by atoms with Crippen LogP contribution in [0.25, 0.3) is 11.0 Å². The van der Waals surface area contributed by atoms with Crippen LogP contribution < -0.4 is 4.90 Å². The number of halogens is 1. The molecule has 0 amide bonds. The fraction of sp³-hybridized carbons (Fsp3) is 0.500. The van der Waals surface area contributed by atoms with Gasteiger partial charge in [0, 0.05) is 49.1 Å². The average molecular weight is 365 g/mol. The quantitative estimate of drug-likeness (QED) is 0.901. The summed E-state index contributed by atoms with van der Waals surface area (Å²) in [5.74, 6) is 0. The largest absolute Gasteiger partial charge is 0.395 e. The Morgan fingerprint density at radius 2 is 2.05 bits per heavy atom. The Morgan fingerprint density at radius 3 is 2.73 bits per heavy atom. The van der Waals surface area contributed by atoms with E-state index < -0.39 is 0 Å². The van der Waals surface area contributed by atoms with Crippen LogP contribution in [0.1, 0.15) is 13.3 Å². The minimum absolute atomic E-state index is 0.240. The van der Waals surface area contributed by atoms with Crippen LogP contribution in [0.15, 0.2) is 29.0 Å². The Labute approximate surface area is 139 Å². The van der Waals surface area contributed by atoms with E-state index in [-0.39, 0.29) is 12.6 Å². The predicted octanol–water partition coefficient (Wildman–Crippen LogP) is 2.29. The molecule has 0 bridgehead atoms. The minimum atomic E-state index is 0.240. The van der Waals surface area contributed by atoms with Crippen LogP contribution in [0.5, 0.6) is 0 Å². The summed E-state index contributed by atoms with van der Waals surface area (Å²) < 4.78 is 0.947. The molecule has 2 aromatic heterocycles. The molecule has 118 valence electrons. The van der Waals surface area contributed by atoms with Gasteiger partial charge in [-0.2, -0.15) is 0 Å². The van der Waals surface area contributed by atoms with Crippen molar-refractivity contribution in [3.8, 4) is 0 Å². The lowest BCUT2D eigenvalue weighted by atomic mass is 10.1. The molecule has 0 radical (unpaired) electrons. The third-order valence-corrected chi connectivity index (χ3v) is 4.81. The lowest BCUT2D eigenvalue weighted by molar-refractivity contribution is 0.114.